The van der Waals surface area contributed by atoms with E-state index in [-0.39, 0.29) is 0 Å². The molecule has 0 saturated carbocycles. The highest BCUT2D eigenvalue weighted by Gasteiger charge is 1.97. The lowest BCUT2D eigenvalue weighted by Gasteiger charge is -1.98. The lowest BCUT2D eigenvalue weighted by Crippen LogP contribution is -1.82. The minimum absolute atomic E-state index is 0.730. The SMILES string of the molecule is CCc1ccccc1.Cc1ccc(F)c(F)c1.Cc1ccc2ccccc2c1.Cc1cccc(Cl)c1.Cc1cccc2ccccc12.Cc1ccccc1. The molecule has 276 valence electrons. The third-order valence-corrected chi connectivity index (χ3v) is 8.39. The van der Waals surface area contributed by atoms with E-state index in [0.717, 1.165) is 29.1 Å². The lowest BCUT2D eigenvalue weighted by atomic mass is 10.1. The zero-order chi connectivity index (χ0) is 39.1. The van der Waals surface area contributed by atoms with Gasteiger partial charge in [-0.1, -0.05) is 193 Å². The van der Waals surface area contributed by atoms with Crippen LogP contribution in [0.3, 0.4) is 0 Å². The van der Waals surface area contributed by atoms with E-state index in [0.29, 0.717) is 0 Å². The Labute approximate surface area is 326 Å². The molecule has 0 amide bonds. The number of hydrogen-bond acceptors (Lipinski definition) is 0. The number of aryl methyl sites for hydroxylation is 6. The summed E-state index contributed by atoms with van der Waals surface area (Å²) in [7, 11) is 0. The van der Waals surface area contributed by atoms with E-state index < -0.39 is 11.6 Å². The van der Waals surface area contributed by atoms with E-state index >= 15 is 0 Å². The summed E-state index contributed by atoms with van der Waals surface area (Å²) in [5, 5.41) is 6.14. The predicted octanol–water partition coefficient (Wildman–Crippen LogP) is 15.5. The van der Waals surface area contributed by atoms with Gasteiger partial charge in [0.25, 0.3) is 0 Å². The fourth-order valence-corrected chi connectivity index (χ4v) is 5.40. The van der Waals surface area contributed by atoms with Crippen molar-refractivity contribution in [2.45, 2.75) is 48.0 Å². The Morgan fingerprint density at radius 2 is 0.889 bits per heavy atom. The highest BCUT2D eigenvalue weighted by Crippen LogP contribution is 2.17. The Kier molecular flexibility index (Phi) is 18.9. The predicted molar refractivity (Wildman–Crippen MR) is 232 cm³/mol. The van der Waals surface area contributed by atoms with E-state index in [4.69, 9.17) is 11.6 Å². The van der Waals surface area contributed by atoms with Crippen LogP contribution in [-0.2, 0) is 6.42 Å². The Morgan fingerprint density at radius 1 is 0.389 bits per heavy atom. The van der Waals surface area contributed by atoms with E-state index in [2.05, 4.69) is 149 Å². The molecule has 0 saturated heterocycles. The second-order valence-corrected chi connectivity index (χ2v) is 13.3. The second kappa shape index (κ2) is 23.9. The molecule has 0 aliphatic carbocycles. The summed E-state index contributed by atoms with van der Waals surface area (Å²) in [6.45, 7) is 12.2. The van der Waals surface area contributed by atoms with Crippen LogP contribution in [0.1, 0.15) is 40.3 Å². The highest BCUT2D eigenvalue weighted by atomic mass is 35.5. The molecule has 8 rings (SSSR count). The standard InChI is InChI=1S/2C11H10.C8H10.C7H7Cl.C7H6F2.C7H8/c1-9-5-4-7-10-6-2-3-8-11(9)10;1-9-6-7-10-4-2-3-5-11(10)8-9;1-2-8-6-4-3-5-7-8;1-6-3-2-4-7(8)5-6;1-5-2-3-6(8)7(9)4-5;1-7-5-3-2-4-6-7/h2*2-8H,1H3;3-7H,2H2,1H3;2-5H,1H3;2-4H,1H3;2-6H,1H3. The first-order chi connectivity index (χ1) is 26.0. The van der Waals surface area contributed by atoms with Crippen molar-refractivity contribution in [2.75, 3.05) is 0 Å². The van der Waals surface area contributed by atoms with E-state index in [1.807, 2.05) is 55.5 Å². The molecule has 0 atom stereocenters. The monoisotopic (exact) mass is 736 g/mol. The molecule has 0 unspecified atom stereocenters. The Morgan fingerprint density at radius 3 is 1.41 bits per heavy atom. The molecule has 0 radical (unpaired) electrons. The van der Waals surface area contributed by atoms with Crippen molar-refractivity contribution in [1.29, 1.82) is 0 Å². The van der Waals surface area contributed by atoms with Gasteiger partial charge in [-0.15, -0.1) is 0 Å². The van der Waals surface area contributed by atoms with Gasteiger partial charge >= 0.3 is 0 Å². The summed E-state index contributed by atoms with van der Waals surface area (Å²) < 4.78 is 24.3. The van der Waals surface area contributed by atoms with Gasteiger partial charge in [0.2, 0.25) is 0 Å². The topological polar surface area (TPSA) is 0 Å². The van der Waals surface area contributed by atoms with Crippen molar-refractivity contribution in [1.82, 2.24) is 0 Å². The summed E-state index contributed by atoms with van der Waals surface area (Å²) in [6, 6.07) is 62.0. The molecule has 0 N–H and O–H groups in total. The van der Waals surface area contributed by atoms with E-state index in [9.17, 15) is 8.78 Å². The zero-order valence-corrected chi connectivity index (χ0v) is 33.0. The van der Waals surface area contributed by atoms with Gasteiger partial charge in [-0.05, 0) is 109 Å². The van der Waals surface area contributed by atoms with Crippen LogP contribution < -0.4 is 0 Å². The average Bonchev–Trinajstić information content (AvgIpc) is 3.18. The van der Waals surface area contributed by atoms with Crippen LogP contribution in [0.15, 0.2) is 188 Å². The Balaban J connectivity index is 0.000000176. The number of halogens is 3. The minimum atomic E-state index is -0.791. The third-order valence-electron chi connectivity index (χ3n) is 8.16. The van der Waals surface area contributed by atoms with Gasteiger partial charge in [-0.2, -0.15) is 0 Å². The third kappa shape index (κ3) is 16.4. The lowest BCUT2D eigenvalue weighted by molar-refractivity contribution is 0.508. The smallest absolute Gasteiger partial charge is 0.159 e. The maximum absolute atomic E-state index is 12.2. The molecule has 0 aromatic heterocycles. The molecule has 0 heterocycles. The van der Waals surface area contributed by atoms with Crippen molar-refractivity contribution < 1.29 is 8.78 Å². The fraction of sp³-hybridized carbons (Fsp3) is 0.137. The van der Waals surface area contributed by atoms with Crippen LogP contribution in [0.2, 0.25) is 5.02 Å². The molecule has 0 fully saturated rings. The van der Waals surface area contributed by atoms with Gasteiger partial charge in [0.1, 0.15) is 0 Å². The number of hydrogen-bond donors (Lipinski definition) is 0. The molecular formula is C51H51ClF2. The van der Waals surface area contributed by atoms with Gasteiger partial charge in [-0.3, -0.25) is 0 Å². The van der Waals surface area contributed by atoms with E-state index in [1.54, 1.807) is 6.92 Å². The van der Waals surface area contributed by atoms with Crippen molar-refractivity contribution in [2.24, 2.45) is 0 Å². The van der Waals surface area contributed by atoms with Gasteiger partial charge in [-0.25, -0.2) is 8.78 Å². The molecule has 54 heavy (non-hydrogen) atoms. The number of benzene rings is 8. The maximum atomic E-state index is 12.2. The van der Waals surface area contributed by atoms with E-state index in [1.165, 1.54) is 55.4 Å². The van der Waals surface area contributed by atoms with Crippen LogP contribution in [0.4, 0.5) is 8.78 Å². The molecule has 0 aliphatic rings. The molecule has 8 aromatic carbocycles. The van der Waals surface area contributed by atoms with Crippen molar-refractivity contribution >= 4 is 33.1 Å². The van der Waals surface area contributed by atoms with Crippen molar-refractivity contribution in [3.63, 3.8) is 0 Å². The molecule has 8 aromatic rings. The Hall–Kier alpha value is -5.57. The average molecular weight is 737 g/mol. The number of fused-ring (bicyclic) bond motifs is 2. The van der Waals surface area contributed by atoms with Crippen LogP contribution in [0.5, 0.6) is 0 Å². The highest BCUT2D eigenvalue weighted by molar-refractivity contribution is 6.30. The summed E-state index contributed by atoms with van der Waals surface area (Å²) in [5.41, 5.74) is 7.34. The van der Waals surface area contributed by atoms with Crippen LogP contribution in [0, 0.1) is 46.3 Å². The first kappa shape index (κ1) is 42.8. The Bertz CT molecular complexity index is 2220. The maximum Gasteiger partial charge on any atom is 0.159 e. The van der Waals surface area contributed by atoms with Crippen LogP contribution >= 0.6 is 11.6 Å². The van der Waals surface area contributed by atoms with Crippen LogP contribution in [-0.4, -0.2) is 0 Å². The molecule has 0 aliphatic heterocycles. The zero-order valence-electron chi connectivity index (χ0n) is 32.2. The summed E-state index contributed by atoms with van der Waals surface area (Å²) in [6.07, 6.45) is 1.14. The first-order valence-electron chi connectivity index (χ1n) is 18.1. The van der Waals surface area contributed by atoms with Crippen LogP contribution in [0.25, 0.3) is 21.5 Å². The molecular weight excluding hydrogens is 686 g/mol. The second-order valence-electron chi connectivity index (χ2n) is 12.9. The molecule has 3 heteroatoms. The van der Waals surface area contributed by atoms with Crippen molar-refractivity contribution in [3.8, 4) is 0 Å². The van der Waals surface area contributed by atoms with Gasteiger partial charge in [0, 0.05) is 5.02 Å². The molecule has 0 spiro atoms. The fourth-order valence-electron chi connectivity index (χ4n) is 5.15. The number of rotatable bonds is 1. The van der Waals surface area contributed by atoms with Crippen molar-refractivity contribution in [3.05, 3.63) is 238 Å². The minimum Gasteiger partial charge on any atom is -0.204 e. The largest absolute Gasteiger partial charge is 0.204 e. The normalized spacial score (nSPS) is 9.65. The van der Waals surface area contributed by atoms with Gasteiger partial charge in [0.05, 0.1) is 0 Å². The molecule has 0 nitrogen and oxygen atoms in total. The van der Waals surface area contributed by atoms with Gasteiger partial charge in [0.15, 0.2) is 11.6 Å². The summed E-state index contributed by atoms with van der Waals surface area (Å²) in [5.74, 6) is -1.57. The first-order valence-corrected chi connectivity index (χ1v) is 18.5. The van der Waals surface area contributed by atoms with Gasteiger partial charge < -0.3 is 0 Å². The summed E-state index contributed by atoms with van der Waals surface area (Å²) in [4.78, 5) is 0. The summed E-state index contributed by atoms with van der Waals surface area (Å²) >= 11 is 5.64. The quantitative estimate of drug-likeness (QED) is 0.157. The molecule has 0 bridgehead atoms.